The van der Waals surface area contributed by atoms with Crippen LogP contribution in [0.15, 0.2) is 66.7 Å². The highest BCUT2D eigenvalue weighted by Gasteiger charge is 2.33. The fourth-order valence-corrected chi connectivity index (χ4v) is 4.55. The molecule has 8 heteroatoms. The van der Waals surface area contributed by atoms with E-state index < -0.39 is 17.8 Å². The Hall–Kier alpha value is -3.23. The molecule has 192 valence electrons. The molecule has 3 aromatic rings. The maximum atomic E-state index is 13.6. The van der Waals surface area contributed by atoms with Gasteiger partial charge in [0.05, 0.1) is 25.8 Å². The van der Waals surface area contributed by atoms with Gasteiger partial charge in [-0.2, -0.15) is 13.2 Å². The van der Waals surface area contributed by atoms with E-state index in [1.807, 2.05) is 42.5 Å². The largest absolute Gasteiger partial charge is 0.493 e. The molecule has 0 saturated carbocycles. The fraction of sp³-hybridized carbons (Fsp3) is 0.357. The van der Waals surface area contributed by atoms with Gasteiger partial charge in [-0.25, -0.2) is 0 Å². The Morgan fingerprint density at radius 2 is 1.58 bits per heavy atom. The molecule has 1 fully saturated rings. The normalized spacial score (nSPS) is 15.7. The Morgan fingerprint density at radius 1 is 0.861 bits per heavy atom. The molecule has 4 rings (SSSR count). The second-order valence-corrected chi connectivity index (χ2v) is 8.69. The van der Waals surface area contributed by atoms with Crippen molar-refractivity contribution in [2.75, 3.05) is 40.4 Å². The van der Waals surface area contributed by atoms with E-state index in [-0.39, 0.29) is 0 Å². The van der Waals surface area contributed by atoms with Crippen molar-refractivity contribution in [2.45, 2.75) is 25.2 Å². The molecular formula is C28H31F3N2O3. The van der Waals surface area contributed by atoms with Gasteiger partial charge >= 0.3 is 6.18 Å². The summed E-state index contributed by atoms with van der Waals surface area (Å²) in [4.78, 5) is 2.20. The first-order valence-electron chi connectivity index (χ1n) is 11.9. The summed E-state index contributed by atoms with van der Waals surface area (Å²) in [5.74, 6) is 1.38. The zero-order valence-electron chi connectivity index (χ0n) is 20.5. The molecule has 3 aromatic carbocycles. The number of benzene rings is 3. The van der Waals surface area contributed by atoms with Crippen LogP contribution in [0.2, 0.25) is 0 Å². The standard InChI is InChI=1S/C28H31F3N2O3/c1-34-24-17-22(18-25(35-2)27(24)36-19-20-8-4-3-5-9-20)26(33-14-7-12-32-13-15-33)21-10-6-11-23(16-21)28(29,30)31/h3-6,8-11,16-18,26,32H,7,12-15,19H2,1-2H3. The number of nitrogens with zero attached hydrogens (tertiary/aromatic N) is 1. The second kappa shape index (κ2) is 11.7. The van der Waals surface area contributed by atoms with Gasteiger partial charge < -0.3 is 19.5 Å². The summed E-state index contributed by atoms with van der Waals surface area (Å²) in [6.45, 7) is 3.37. The van der Waals surface area contributed by atoms with E-state index in [0.29, 0.717) is 36.0 Å². The lowest BCUT2D eigenvalue weighted by Crippen LogP contribution is -2.33. The van der Waals surface area contributed by atoms with Gasteiger partial charge in [0.1, 0.15) is 6.61 Å². The van der Waals surface area contributed by atoms with Crippen LogP contribution in [0.4, 0.5) is 13.2 Å². The molecule has 1 unspecified atom stereocenters. The topological polar surface area (TPSA) is 43.0 Å². The zero-order chi connectivity index (χ0) is 25.5. The van der Waals surface area contributed by atoms with Gasteiger partial charge in [0.25, 0.3) is 0 Å². The number of methoxy groups -OCH3 is 2. The third kappa shape index (κ3) is 6.12. The van der Waals surface area contributed by atoms with Gasteiger partial charge in [0.15, 0.2) is 11.5 Å². The summed E-state index contributed by atoms with van der Waals surface area (Å²) in [6, 6.07) is 18.5. The molecule has 0 amide bonds. The van der Waals surface area contributed by atoms with Crippen molar-refractivity contribution < 1.29 is 27.4 Å². The Balaban J connectivity index is 1.76. The predicted molar refractivity (Wildman–Crippen MR) is 133 cm³/mol. The number of alkyl halides is 3. The molecule has 0 spiro atoms. The minimum Gasteiger partial charge on any atom is -0.493 e. The zero-order valence-corrected chi connectivity index (χ0v) is 20.5. The third-order valence-electron chi connectivity index (χ3n) is 6.29. The van der Waals surface area contributed by atoms with Crippen LogP contribution in [0.3, 0.4) is 0 Å². The molecule has 1 N–H and O–H groups in total. The first-order valence-corrected chi connectivity index (χ1v) is 11.9. The van der Waals surface area contributed by atoms with Crippen molar-refractivity contribution in [3.05, 3.63) is 89.0 Å². The number of hydrogen-bond donors (Lipinski definition) is 1. The summed E-state index contributed by atoms with van der Waals surface area (Å²) in [7, 11) is 3.09. The number of hydrogen-bond acceptors (Lipinski definition) is 5. The molecule has 36 heavy (non-hydrogen) atoms. The summed E-state index contributed by atoms with van der Waals surface area (Å²) >= 11 is 0. The van der Waals surface area contributed by atoms with Crippen LogP contribution < -0.4 is 19.5 Å². The summed E-state index contributed by atoms with van der Waals surface area (Å²) < 4.78 is 58.2. The van der Waals surface area contributed by atoms with Crippen LogP contribution in [0, 0.1) is 0 Å². The van der Waals surface area contributed by atoms with Gasteiger partial charge in [0.2, 0.25) is 5.75 Å². The van der Waals surface area contributed by atoms with Gasteiger partial charge in [-0.3, -0.25) is 4.90 Å². The van der Waals surface area contributed by atoms with Crippen molar-refractivity contribution >= 4 is 0 Å². The third-order valence-corrected chi connectivity index (χ3v) is 6.29. The molecule has 1 atom stereocenters. The van der Waals surface area contributed by atoms with Crippen LogP contribution in [0.25, 0.3) is 0 Å². The minimum atomic E-state index is -4.43. The number of rotatable bonds is 8. The SMILES string of the molecule is COc1cc(C(c2cccc(C(F)(F)F)c2)N2CCCNCC2)cc(OC)c1OCc1ccccc1. The predicted octanol–water partition coefficient (Wildman–Crippen LogP) is 5.69. The van der Waals surface area contributed by atoms with Gasteiger partial charge in [-0.15, -0.1) is 0 Å². The number of nitrogens with one attached hydrogen (secondary N) is 1. The van der Waals surface area contributed by atoms with Crippen LogP contribution >= 0.6 is 0 Å². The maximum Gasteiger partial charge on any atom is 0.416 e. The molecule has 1 saturated heterocycles. The van der Waals surface area contributed by atoms with Crippen LogP contribution in [0.5, 0.6) is 17.2 Å². The molecule has 0 bridgehead atoms. The van der Waals surface area contributed by atoms with E-state index in [0.717, 1.165) is 43.2 Å². The van der Waals surface area contributed by atoms with E-state index in [2.05, 4.69) is 10.2 Å². The summed E-state index contributed by atoms with van der Waals surface area (Å²) in [6.07, 6.45) is -3.53. The van der Waals surface area contributed by atoms with Crippen molar-refractivity contribution in [1.29, 1.82) is 0 Å². The van der Waals surface area contributed by atoms with Gasteiger partial charge in [-0.05, 0) is 53.9 Å². The molecule has 1 heterocycles. The van der Waals surface area contributed by atoms with Crippen LogP contribution in [0.1, 0.15) is 34.7 Å². The van der Waals surface area contributed by atoms with Crippen molar-refractivity contribution in [3.8, 4) is 17.2 Å². The van der Waals surface area contributed by atoms with E-state index >= 15 is 0 Å². The quantitative estimate of drug-likeness (QED) is 0.431. The van der Waals surface area contributed by atoms with E-state index in [4.69, 9.17) is 14.2 Å². The summed E-state index contributed by atoms with van der Waals surface area (Å²) in [5.41, 5.74) is 1.66. The van der Waals surface area contributed by atoms with Crippen LogP contribution in [-0.2, 0) is 12.8 Å². The monoisotopic (exact) mass is 500 g/mol. The molecule has 0 aliphatic carbocycles. The first-order chi connectivity index (χ1) is 17.4. The maximum absolute atomic E-state index is 13.6. The van der Waals surface area contributed by atoms with E-state index in [9.17, 15) is 13.2 Å². The Morgan fingerprint density at radius 3 is 2.25 bits per heavy atom. The molecule has 5 nitrogen and oxygen atoms in total. The number of ether oxygens (including phenoxy) is 3. The Kier molecular flexibility index (Phi) is 8.38. The molecular weight excluding hydrogens is 469 g/mol. The molecule has 1 aliphatic heterocycles. The lowest BCUT2D eigenvalue weighted by molar-refractivity contribution is -0.137. The van der Waals surface area contributed by atoms with Gasteiger partial charge in [-0.1, -0.05) is 42.5 Å². The molecule has 1 aliphatic rings. The van der Waals surface area contributed by atoms with Crippen molar-refractivity contribution in [2.24, 2.45) is 0 Å². The highest BCUT2D eigenvalue weighted by atomic mass is 19.4. The highest BCUT2D eigenvalue weighted by molar-refractivity contribution is 5.56. The smallest absolute Gasteiger partial charge is 0.416 e. The van der Waals surface area contributed by atoms with E-state index in [1.165, 1.54) is 12.1 Å². The number of halogens is 3. The lowest BCUT2D eigenvalue weighted by atomic mass is 9.94. The first kappa shape index (κ1) is 25.9. The average molecular weight is 501 g/mol. The lowest BCUT2D eigenvalue weighted by Gasteiger charge is -2.32. The van der Waals surface area contributed by atoms with E-state index in [1.54, 1.807) is 20.3 Å². The average Bonchev–Trinajstić information content (AvgIpc) is 3.17. The second-order valence-electron chi connectivity index (χ2n) is 8.69. The molecule has 0 aromatic heterocycles. The Bertz CT molecular complexity index is 1110. The highest BCUT2D eigenvalue weighted by Crippen LogP contribution is 2.43. The van der Waals surface area contributed by atoms with Crippen LogP contribution in [-0.4, -0.2) is 45.3 Å². The molecule has 0 radical (unpaired) electrons. The minimum absolute atomic E-state index is 0.321. The van der Waals surface area contributed by atoms with Gasteiger partial charge in [0, 0.05) is 19.6 Å². The van der Waals surface area contributed by atoms with Crippen molar-refractivity contribution in [1.82, 2.24) is 10.2 Å². The van der Waals surface area contributed by atoms with Crippen molar-refractivity contribution in [3.63, 3.8) is 0 Å². The summed E-state index contributed by atoms with van der Waals surface area (Å²) in [5, 5.41) is 3.37. The fourth-order valence-electron chi connectivity index (χ4n) is 4.55. The Labute approximate surface area is 209 Å².